The monoisotopic (exact) mass is 613 g/mol. The van der Waals surface area contributed by atoms with Gasteiger partial charge in [0.15, 0.2) is 11.6 Å². The van der Waals surface area contributed by atoms with Crippen molar-refractivity contribution in [3.8, 4) is 34.4 Å². The van der Waals surface area contributed by atoms with Crippen LogP contribution in [0.15, 0.2) is 67.0 Å². The van der Waals surface area contributed by atoms with E-state index in [2.05, 4.69) is 16.0 Å². The van der Waals surface area contributed by atoms with Crippen molar-refractivity contribution < 1.29 is 23.7 Å². The molecule has 4 aromatic rings. The van der Waals surface area contributed by atoms with Gasteiger partial charge < -0.3 is 19.3 Å². The smallest absolute Gasteiger partial charge is 0.172 e. The van der Waals surface area contributed by atoms with Crippen molar-refractivity contribution in [3.05, 3.63) is 106 Å². The molecular weight excluding hydrogens is 581 g/mol. The van der Waals surface area contributed by atoms with E-state index in [1.54, 1.807) is 30.5 Å². The van der Waals surface area contributed by atoms with Gasteiger partial charge in [-0.3, -0.25) is 9.88 Å². The number of ether oxygens (including phenoxy) is 3. The molecule has 0 amide bonds. The van der Waals surface area contributed by atoms with Crippen molar-refractivity contribution in [1.82, 2.24) is 9.88 Å². The highest BCUT2D eigenvalue weighted by Gasteiger charge is 2.29. The van der Waals surface area contributed by atoms with Gasteiger partial charge in [-0.05, 0) is 67.1 Å². The molecule has 2 aliphatic rings. The standard InChI is InChI=1S/C35H33ClFN3O4/c1-42-32-9-3-8-29(35(32)37)26-6-2-7-28-27(26)10-11-31(28)44-34-15-33(43-21-23-13-22(16-38)17-39-18-23)24(14-30(34)36)19-40-12-4-5-25(41)20-40/h2-3,6-9,13-15,17-18,25,31,41H,4-5,10-12,19-21H2,1H3/t25-,31-/m0/s1. The molecule has 0 radical (unpaired) electrons. The first kappa shape index (κ1) is 29.9. The SMILES string of the molecule is COc1cccc(-c2cccc3c2CC[C@@H]3Oc2cc(OCc3cncc(C#N)c3)c(CN3CCC[C@H](O)C3)cc2Cl)c1F. The Labute approximate surface area is 261 Å². The quantitative estimate of drug-likeness (QED) is 0.217. The molecule has 1 fully saturated rings. The molecule has 1 aromatic heterocycles. The van der Waals surface area contributed by atoms with Crippen LogP contribution >= 0.6 is 11.6 Å². The van der Waals surface area contributed by atoms with Crippen LogP contribution in [0.4, 0.5) is 4.39 Å². The summed E-state index contributed by atoms with van der Waals surface area (Å²) < 4.78 is 33.3. The number of pyridine rings is 1. The van der Waals surface area contributed by atoms with E-state index < -0.39 is 0 Å². The molecule has 2 heterocycles. The summed E-state index contributed by atoms with van der Waals surface area (Å²) in [5.41, 5.74) is 5.47. The highest BCUT2D eigenvalue weighted by molar-refractivity contribution is 6.32. The topological polar surface area (TPSA) is 87.8 Å². The lowest BCUT2D eigenvalue weighted by atomic mass is 9.96. The molecule has 1 N–H and O–H groups in total. The number of hydrogen-bond donors (Lipinski definition) is 1. The molecule has 7 nitrogen and oxygen atoms in total. The molecule has 1 aliphatic heterocycles. The predicted octanol–water partition coefficient (Wildman–Crippen LogP) is 7.02. The first-order valence-corrected chi connectivity index (χ1v) is 15.1. The lowest BCUT2D eigenvalue weighted by Crippen LogP contribution is -2.37. The number of nitriles is 1. The zero-order chi connectivity index (χ0) is 30.6. The van der Waals surface area contributed by atoms with E-state index in [1.807, 2.05) is 30.3 Å². The fraction of sp³-hybridized carbons (Fsp3) is 0.314. The van der Waals surface area contributed by atoms with Crippen LogP contribution in [-0.4, -0.2) is 41.3 Å². The molecule has 9 heteroatoms. The van der Waals surface area contributed by atoms with Crippen LogP contribution in [0, 0.1) is 17.1 Å². The van der Waals surface area contributed by atoms with Crippen LogP contribution < -0.4 is 14.2 Å². The molecule has 2 atom stereocenters. The Balaban J connectivity index is 1.29. The molecule has 0 bridgehead atoms. The molecule has 3 aromatic carbocycles. The van der Waals surface area contributed by atoms with Gasteiger partial charge in [-0.25, -0.2) is 4.39 Å². The maximum atomic E-state index is 15.2. The van der Waals surface area contributed by atoms with Crippen molar-refractivity contribution >= 4 is 11.6 Å². The molecule has 0 spiro atoms. The number of aliphatic hydroxyl groups is 1. The van der Waals surface area contributed by atoms with Crippen LogP contribution in [0.3, 0.4) is 0 Å². The number of piperidine rings is 1. The molecule has 44 heavy (non-hydrogen) atoms. The second-order valence-corrected chi connectivity index (χ2v) is 11.7. The Morgan fingerprint density at radius 2 is 1.91 bits per heavy atom. The number of halogens is 2. The molecule has 226 valence electrons. The van der Waals surface area contributed by atoms with Gasteiger partial charge in [-0.15, -0.1) is 0 Å². The molecule has 0 saturated carbocycles. The average Bonchev–Trinajstić information content (AvgIpc) is 3.45. The van der Waals surface area contributed by atoms with Crippen LogP contribution in [0.1, 0.15) is 53.2 Å². The van der Waals surface area contributed by atoms with Gasteiger partial charge >= 0.3 is 0 Å². The molecule has 0 unspecified atom stereocenters. The Morgan fingerprint density at radius 1 is 1.07 bits per heavy atom. The van der Waals surface area contributed by atoms with Gasteiger partial charge in [0.25, 0.3) is 0 Å². The number of likely N-dealkylation sites (tertiary alicyclic amines) is 1. The Hall–Kier alpha value is -4.16. The number of fused-ring (bicyclic) bond motifs is 1. The zero-order valence-corrected chi connectivity index (χ0v) is 25.2. The van der Waals surface area contributed by atoms with Crippen LogP contribution in [0.25, 0.3) is 11.1 Å². The number of hydrogen-bond acceptors (Lipinski definition) is 7. The van der Waals surface area contributed by atoms with E-state index in [0.717, 1.165) is 53.6 Å². The summed E-state index contributed by atoms with van der Waals surface area (Å²) in [7, 11) is 1.46. The summed E-state index contributed by atoms with van der Waals surface area (Å²) in [4.78, 5) is 6.33. The fourth-order valence-corrected chi connectivity index (χ4v) is 6.38. The minimum absolute atomic E-state index is 0.208. The summed E-state index contributed by atoms with van der Waals surface area (Å²) in [6, 6.07) is 18.6. The van der Waals surface area contributed by atoms with E-state index in [9.17, 15) is 10.4 Å². The minimum Gasteiger partial charge on any atom is -0.494 e. The summed E-state index contributed by atoms with van der Waals surface area (Å²) in [6.07, 6.45) is 5.71. The number of aliphatic hydroxyl groups excluding tert-OH is 1. The second-order valence-electron chi connectivity index (χ2n) is 11.2. The fourth-order valence-electron chi connectivity index (χ4n) is 6.15. The largest absolute Gasteiger partial charge is 0.494 e. The van der Waals surface area contributed by atoms with Crippen molar-refractivity contribution in [3.63, 3.8) is 0 Å². The summed E-state index contributed by atoms with van der Waals surface area (Å²) in [5.74, 6) is 0.922. The zero-order valence-electron chi connectivity index (χ0n) is 24.4. The van der Waals surface area contributed by atoms with Gasteiger partial charge in [-0.1, -0.05) is 41.9 Å². The van der Waals surface area contributed by atoms with Crippen LogP contribution in [0.2, 0.25) is 5.02 Å². The molecule has 6 rings (SSSR count). The predicted molar refractivity (Wildman–Crippen MR) is 165 cm³/mol. The van der Waals surface area contributed by atoms with E-state index in [4.69, 9.17) is 25.8 Å². The van der Waals surface area contributed by atoms with Crippen LogP contribution in [-0.2, 0) is 19.6 Å². The Bertz CT molecular complexity index is 1710. The highest BCUT2D eigenvalue weighted by Crippen LogP contribution is 2.44. The van der Waals surface area contributed by atoms with Gasteiger partial charge in [-0.2, -0.15) is 5.26 Å². The maximum absolute atomic E-state index is 15.2. The second kappa shape index (κ2) is 13.2. The van der Waals surface area contributed by atoms with Crippen molar-refractivity contribution in [1.29, 1.82) is 5.26 Å². The third-order valence-corrected chi connectivity index (χ3v) is 8.56. The van der Waals surface area contributed by atoms with Crippen molar-refractivity contribution in [2.75, 3.05) is 20.2 Å². The average molecular weight is 614 g/mol. The number of benzene rings is 3. The summed E-state index contributed by atoms with van der Waals surface area (Å²) in [6.45, 7) is 2.22. The lowest BCUT2D eigenvalue weighted by molar-refractivity contribution is 0.0662. The normalized spacial score (nSPS) is 18.0. The number of nitrogens with zero attached hydrogens (tertiary/aromatic N) is 3. The van der Waals surface area contributed by atoms with E-state index in [1.165, 1.54) is 13.3 Å². The third-order valence-electron chi connectivity index (χ3n) is 8.27. The number of rotatable bonds is 9. The number of β-amino-alcohol motifs (C(OH)–C–C–N with tert-alkyl or cyclic N) is 1. The number of methoxy groups -OCH3 is 1. The van der Waals surface area contributed by atoms with Gasteiger partial charge in [0, 0.05) is 48.2 Å². The summed E-state index contributed by atoms with van der Waals surface area (Å²) in [5, 5.41) is 20.0. The summed E-state index contributed by atoms with van der Waals surface area (Å²) >= 11 is 6.83. The van der Waals surface area contributed by atoms with Gasteiger partial charge in [0.2, 0.25) is 0 Å². The van der Waals surface area contributed by atoms with E-state index in [-0.39, 0.29) is 30.4 Å². The molecule has 1 aliphatic carbocycles. The first-order valence-electron chi connectivity index (χ1n) is 14.7. The minimum atomic E-state index is -0.384. The van der Waals surface area contributed by atoms with Crippen molar-refractivity contribution in [2.24, 2.45) is 0 Å². The molecule has 1 saturated heterocycles. The Kier molecular flexibility index (Phi) is 8.99. The van der Waals surface area contributed by atoms with E-state index in [0.29, 0.717) is 47.2 Å². The highest BCUT2D eigenvalue weighted by atomic mass is 35.5. The lowest BCUT2D eigenvalue weighted by Gasteiger charge is -2.30. The van der Waals surface area contributed by atoms with Gasteiger partial charge in [0.05, 0.1) is 23.8 Å². The Morgan fingerprint density at radius 3 is 2.73 bits per heavy atom. The van der Waals surface area contributed by atoms with E-state index >= 15 is 4.39 Å². The van der Waals surface area contributed by atoms with Crippen LogP contribution in [0.5, 0.6) is 17.2 Å². The maximum Gasteiger partial charge on any atom is 0.172 e. The van der Waals surface area contributed by atoms with Gasteiger partial charge in [0.1, 0.15) is 30.3 Å². The van der Waals surface area contributed by atoms with Crippen molar-refractivity contribution in [2.45, 2.75) is 51.0 Å². The number of aromatic nitrogens is 1. The molecular formula is C35H33ClFN3O4. The third kappa shape index (κ3) is 6.36. The first-order chi connectivity index (χ1) is 21.4.